The van der Waals surface area contributed by atoms with Gasteiger partial charge in [0.15, 0.2) is 11.7 Å². The Morgan fingerprint density at radius 1 is 1.00 bits per heavy atom. The topological polar surface area (TPSA) is 225 Å². The van der Waals surface area contributed by atoms with Crippen LogP contribution < -0.4 is 38.8 Å². The van der Waals surface area contributed by atoms with Crippen LogP contribution in [0.4, 0.5) is 5.69 Å². The van der Waals surface area contributed by atoms with Gasteiger partial charge < -0.3 is 37.6 Å². The van der Waals surface area contributed by atoms with Crippen molar-refractivity contribution in [2.24, 2.45) is 22.4 Å². The number of nitrogen functional groups attached to an aromatic ring is 1. The Balaban J connectivity index is 1.75. The predicted octanol–water partition coefficient (Wildman–Crippen LogP) is 0.976. The lowest BCUT2D eigenvalue weighted by Gasteiger charge is -2.22. The molecule has 0 bridgehead atoms. The normalized spacial score (nSPS) is 12.3. The second-order valence-corrected chi connectivity index (χ2v) is 10.4. The van der Waals surface area contributed by atoms with E-state index in [0.29, 0.717) is 28.6 Å². The number of ketones is 1. The number of anilines is 1. The van der Waals surface area contributed by atoms with Crippen molar-refractivity contribution in [2.75, 3.05) is 18.8 Å². The van der Waals surface area contributed by atoms with Crippen molar-refractivity contribution in [3.63, 3.8) is 0 Å². The molecule has 1 heterocycles. The first-order valence-electron chi connectivity index (χ1n) is 13.7. The van der Waals surface area contributed by atoms with Crippen LogP contribution in [0.3, 0.4) is 0 Å². The van der Waals surface area contributed by atoms with Crippen molar-refractivity contribution in [1.29, 1.82) is 0 Å². The lowest BCUT2D eigenvalue weighted by molar-refractivity contribution is -0.128. The van der Waals surface area contributed by atoms with E-state index in [1.54, 1.807) is 63.2 Å². The number of guanidine groups is 1. The van der Waals surface area contributed by atoms with Gasteiger partial charge in [-0.15, -0.1) is 0 Å². The summed E-state index contributed by atoms with van der Waals surface area (Å²) in [7, 11) is 0. The Morgan fingerprint density at radius 3 is 2.35 bits per heavy atom. The maximum absolute atomic E-state index is 13.6. The molecule has 0 aliphatic heterocycles. The van der Waals surface area contributed by atoms with E-state index in [1.165, 1.54) is 6.07 Å². The molecule has 0 fully saturated rings. The number of benzene rings is 2. The second-order valence-electron chi connectivity index (χ2n) is 10.4. The van der Waals surface area contributed by atoms with E-state index in [2.05, 4.69) is 20.9 Å². The maximum Gasteiger partial charge on any atom is 0.347 e. The van der Waals surface area contributed by atoms with Crippen LogP contribution in [0.1, 0.15) is 53.0 Å². The Hall–Kier alpha value is -5.20. The Labute approximate surface area is 248 Å². The predicted molar refractivity (Wildman–Crippen MR) is 163 cm³/mol. The van der Waals surface area contributed by atoms with Gasteiger partial charge in [0.25, 0.3) is 5.91 Å². The van der Waals surface area contributed by atoms with Gasteiger partial charge in [0, 0.05) is 29.2 Å². The van der Waals surface area contributed by atoms with E-state index >= 15 is 0 Å². The summed E-state index contributed by atoms with van der Waals surface area (Å²) in [5, 5.41) is 8.33. The van der Waals surface area contributed by atoms with Crippen LogP contribution >= 0.6 is 0 Å². The van der Waals surface area contributed by atoms with Gasteiger partial charge in [-0.05, 0) is 55.5 Å². The van der Waals surface area contributed by atoms with Crippen LogP contribution in [0, 0.1) is 12.8 Å². The van der Waals surface area contributed by atoms with Crippen LogP contribution in [0.2, 0.25) is 0 Å². The Kier molecular flexibility index (Phi) is 11.0. The first-order valence-corrected chi connectivity index (χ1v) is 13.7. The summed E-state index contributed by atoms with van der Waals surface area (Å²) in [6.07, 6.45) is 0.395. The molecular formula is C30H37N7O6. The minimum atomic E-state index is -1.15. The molecule has 2 atom stereocenters. The fraction of sp³-hybridized carbons (Fsp3) is 0.333. The summed E-state index contributed by atoms with van der Waals surface area (Å²) in [5.41, 5.74) is 16.9. The maximum atomic E-state index is 13.6. The molecule has 43 heavy (non-hydrogen) atoms. The quantitative estimate of drug-likeness (QED) is 0.0415. The van der Waals surface area contributed by atoms with E-state index in [-0.39, 0.29) is 36.0 Å². The summed E-state index contributed by atoms with van der Waals surface area (Å²) >= 11 is 0. The molecule has 2 aromatic carbocycles. The lowest BCUT2D eigenvalue weighted by atomic mass is 9.96. The molecule has 228 valence electrons. The number of nitrogens with zero attached hydrogens (tertiary/aromatic N) is 1. The molecule has 3 amide bonds. The van der Waals surface area contributed by atoms with Gasteiger partial charge in [0.05, 0.1) is 12.6 Å². The smallest absolute Gasteiger partial charge is 0.347 e. The highest BCUT2D eigenvalue weighted by atomic mass is 16.4. The summed E-state index contributed by atoms with van der Waals surface area (Å²) < 4.78 is 5.36. The van der Waals surface area contributed by atoms with Gasteiger partial charge in [-0.3, -0.25) is 24.2 Å². The summed E-state index contributed by atoms with van der Waals surface area (Å²) in [6, 6.07) is 11.1. The fourth-order valence-electron chi connectivity index (χ4n) is 4.48. The average Bonchev–Trinajstić information content (AvgIpc) is 2.95. The van der Waals surface area contributed by atoms with Crippen molar-refractivity contribution in [1.82, 2.24) is 16.0 Å². The zero-order valence-electron chi connectivity index (χ0n) is 24.3. The lowest BCUT2D eigenvalue weighted by Crippen LogP contribution is -2.52. The number of nitrogens with one attached hydrogen (secondary N) is 3. The van der Waals surface area contributed by atoms with Gasteiger partial charge in [0.1, 0.15) is 17.2 Å². The molecule has 13 nitrogen and oxygen atoms in total. The number of carbonyl (C=O) groups excluding carboxylic acids is 4. The highest BCUT2D eigenvalue weighted by Crippen LogP contribution is 2.23. The molecule has 0 radical (unpaired) electrons. The van der Waals surface area contributed by atoms with Crippen molar-refractivity contribution >= 4 is 46.1 Å². The zero-order valence-corrected chi connectivity index (χ0v) is 24.3. The van der Waals surface area contributed by atoms with E-state index in [1.807, 2.05) is 0 Å². The van der Waals surface area contributed by atoms with E-state index in [4.69, 9.17) is 21.6 Å². The number of hydrogen-bond donors (Lipinski definition) is 6. The molecule has 13 heteroatoms. The minimum absolute atomic E-state index is 0.0930. The standard InChI is InChI=1S/C30H37N7O6/c1-16(2)25(37-27(40)18-8-5-4-6-9-18)28(41)35-15-23(38)36-21(10-7-13-34-30(32)33)26(39)24-17(3)20-12-11-19(31)14-22(20)43-29(24)42/h4-6,8-9,11-12,14,16,21,25H,7,10,13,15,31H2,1-3H3,(H,35,41)(H,36,38)(H,37,40)(H4,32,33,34). The van der Waals surface area contributed by atoms with Crippen molar-refractivity contribution in [3.8, 4) is 0 Å². The molecule has 3 rings (SSSR count). The van der Waals surface area contributed by atoms with Gasteiger partial charge >= 0.3 is 5.63 Å². The van der Waals surface area contributed by atoms with Crippen molar-refractivity contribution in [2.45, 2.75) is 45.7 Å². The number of aliphatic imine (C=N–C) groups is 1. The van der Waals surface area contributed by atoms with E-state index < -0.39 is 47.8 Å². The van der Waals surface area contributed by atoms with Crippen molar-refractivity contribution in [3.05, 3.63) is 75.6 Å². The fourth-order valence-corrected chi connectivity index (χ4v) is 4.48. The number of carbonyl (C=O) groups is 4. The number of aryl methyl sites for hydroxylation is 1. The third kappa shape index (κ3) is 8.64. The average molecular weight is 592 g/mol. The number of rotatable bonds is 13. The minimum Gasteiger partial charge on any atom is -0.422 e. The van der Waals surface area contributed by atoms with Gasteiger partial charge in [0.2, 0.25) is 11.8 Å². The highest BCUT2D eigenvalue weighted by molar-refractivity contribution is 6.05. The second kappa shape index (κ2) is 14.6. The van der Waals surface area contributed by atoms with E-state index in [9.17, 15) is 24.0 Å². The van der Waals surface area contributed by atoms with Crippen LogP contribution in [-0.4, -0.2) is 54.6 Å². The summed E-state index contributed by atoms with van der Waals surface area (Å²) in [6.45, 7) is 4.82. The zero-order chi connectivity index (χ0) is 31.7. The Morgan fingerprint density at radius 2 is 1.70 bits per heavy atom. The highest BCUT2D eigenvalue weighted by Gasteiger charge is 2.29. The Bertz CT molecular complexity index is 1580. The largest absolute Gasteiger partial charge is 0.422 e. The third-order valence-corrected chi connectivity index (χ3v) is 6.73. The van der Waals surface area contributed by atoms with Gasteiger partial charge in [-0.2, -0.15) is 0 Å². The molecule has 0 saturated heterocycles. The summed E-state index contributed by atoms with van der Waals surface area (Å²) in [5.74, 6) is -2.76. The molecular weight excluding hydrogens is 554 g/mol. The first kappa shape index (κ1) is 32.3. The molecule has 9 N–H and O–H groups in total. The van der Waals surface area contributed by atoms with Gasteiger partial charge in [-0.25, -0.2) is 4.79 Å². The molecule has 2 unspecified atom stereocenters. The SMILES string of the molecule is Cc1c(C(=O)C(CCCN=C(N)N)NC(=O)CNC(=O)C(NC(=O)c2ccccc2)C(C)C)c(=O)oc2cc(N)ccc12. The van der Waals surface area contributed by atoms with Crippen LogP contribution in [-0.2, 0) is 9.59 Å². The number of fused-ring (bicyclic) bond motifs is 1. The third-order valence-electron chi connectivity index (χ3n) is 6.73. The number of Topliss-reactive ketones (excluding diaryl/α,β-unsaturated/α-hetero) is 1. The summed E-state index contributed by atoms with van der Waals surface area (Å²) in [4.78, 5) is 68.9. The molecule has 0 spiro atoms. The number of amides is 3. The van der Waals surface area contributed by atoms with Crippen LogP contribution in [0.15, 0.2) is 62.7 Å². The molecule has 0 aliphatic carbocycles. The monoisotopic (exact) mass is 591 g/mol. The molecule has 3 aromatic rings. The van der Waals surface area contributed by atoms with Crippen LogP contribution in [0.25, 0.3) is 11.0 Å². The van der Waals surface area contributed by atoms with E-state index in [0.717, 1.165) is 0 Å². The molecule has 0 saturated carbocycles. The van der Waals surface area contributed by atoms with Crippen LogP contribution in [0.5, 0.6) is 0 Å². The van der Waals surface area contributed by atoms with Gasteiger partial charge in [-0.1, -0.05) is 32.0 Å². The molecule has 0 aliphatic rings. The number of nitrogens with two attached hydrogens (primary N) is 3. The molecule has 1 aromatic heterocycles. The first-order chi connectivity index (χ1) is 20.4. The van der Waals surface area contributed by atoms with Crippen molar-refractivity contribution < 1.29 is 23.6 Å². The number of hydrogen-bond acceptors (Lipinski definition) is 8.